The molecule has 1 atom stereocenters. The van der Waals surface area contributed by atoms with Crippen molar-refractivity contribution in [1.29, 1.82) is 0 Å². The minimum atomic E-state index is -0.912. The van der Waals surface area contributed by atoms with Gasteiger partial charge < -0.3 is 15.4 Å². The first kappa shape index (κ1) is 22.0. The third kappa shape index (κ3) is 6.99. The number of nitrogens with one attached hydrogen (secondary N) is 2. The van der Waals surface area contributed by atoms with Crippen LogP contribution in [0.15, 0.2) is 42.7 Å². The summed E-state index contributed by atoms with van der Waals surface area (Å²) in [4.78, 5) is 44.4. The van der Waals surface area contributed by atoms with E-state index in [1.54, 1.807) is 42.7 Å². The zero-order valence-corrected chi connectivity index (χ0v) is 17.1. The van der Waals surface area contributed by atoms with Gasteiger partial charge in [0.15, 0.2) is 6.10 Å². The number of amides is 1. The fraction of sp³-hybridized carbons (Fsp3) is 0.381. The van der Waals surface area contributed by atoms with E-state index in [2.05, 4.69) is 20.6 Å². The van der Waals surface area contributed by atoms with Crippen LogP contribution in [0.1, 0.15) is 44.5 Å². The number of carbonyl (C=O) groups excluding carboxylic acids is 3. The van der Waals surface area contributed by atoms with Gasteiger partial charge in [0.25, 0.3) is 0 Å². The Kier molecular flexibility index (Phi) is 7.41. The van der Waals surface area contributed by atoms with Gasteiger partial charge in [0.1, 0.15) is 0 Å². The number of hydrogen-bond acceptors (Lipinski definition) is 7. The first-order valence-corrected chi connectivity index (χ1v) is 9.33. The molecule has 2 N–H and O–H groups in total. The van der Waals surface area contributed by atoms with Crippen molar-refractivity contribution in [2.45, 2.75) is 40.2 Å². The van der Waals surface area contributed by atoms with E-state index in [1.165, 1.54) is 6.92 Å². The molecule has 0 aliphatic rings. The molecule has 0 spiro atoms. The molecule has 29 heavy (non-hydrogen) atoms. The van der Waals surface area contributed by atoms with Crippen molar-refractivity contribution in [2.75, 3.05) is 17.2 Å². The summed E-state index contributed by atoms with van der Waals surface area (Å²) in [6.07, 6.45) is 2.35. The van der Waals surface area contributed by atoms with Gasteiger partial charge in [0.05, 0.1) is 6.42 Å². The van der Waals surface area contributed by atoms with Crippen molar-refractivity contribution < 1.29 is 19.1 Å². The Bertz CT molecular complexity index is 845. The SMILES string of the molecule is CC(OC(=O)CCNc1ncccn1)C(=O)c1ccc(NC(=O)C(C)(C)C)cc1. The van der Waals surface area contributed by atoms with Crippen molar-refractivity contribution >= 4 is 29.3 Å². The van der Waals surface area contributed by atoms with Gasteiger partial charge in [-0.15, -0.1) is 0 Å². The van der Waals surface area contributed by atoms with Crippen molar-refractivity contribution in [2.24, 2.45) is 5.41 Å². The summed E-state index contributed by atoms with van der Waals surface area (Å²) in [5, 5.41) is 5.69. The Hall–Kier alpha value is -3.29. The number of Topliss-reactive ketones (excluding diaryl/α,β-unsaturated/α-hetero) is 1. The van der Waals surface area contributed by atoms with Crippen LogP contribution < -0.4 is 10.6 Å². The van der Waals surface area contributed by atoms with Crippen molar-refractivity contribution in [3.8, 4) is 0 Å². The van der Waals surface area contributed by atoms with Gasteiger partial charge in [-0.2, -0.15) is 0 Å². The number of nitrogens with zero attached hydrogens (tertiary/aromatic N) is 2. The van der Waals surface area contributed by atoms with E-state index >= 15 is 0 Å². The van der Waals surface area contributed by atoms with Gasteiger partial charge in [-0.3, -0.25) is 14.4 Å². The van der Waals surface area contributed by atoms with Crippen molar-refractivity contribution in [3.63, 3.8) is 0 Å². The Morgan fingerprint density at radius 3 is 2.28 bits per heavy atom. The summed E-state index contributed by atoms with van der Waals surface area (Å²) in [5.74, 6) is -0.508. The van der Waals surface area contributed by atoms with E-state index in [1.807, 2.05) is 20.8 Å². The second kappa shape index (κ2) is 9.77. The lowest BCUT2D eigenvalue weighted by Gasteiger charge is -2.18. The van der Waals surface area contributed by atoms with Crippen molar-refractivity contribution in [1.82, 2.24) is 9.97 Å². The maximum absolute atomic E-state index is 12.5. The molecule has 0 aliphatic carbocycles. The molecule has 1 unspecified atom stereocenters. The average molecular weight is 398 g/mol. The summed E-state index contributed by atoms with van der Waals surface area (Å²) >= 11 is 0. The number of esters is 1. The highest BCUT2D eigenvalue weighted by Gasteiger charge is 2.22. The number of ether oxygens (including phenoxy) is 1. The zero-order chi connectivity index (χ0) is 21.4. The topological polar surface area (TPSA) is 110 Å². The third-order valence-electron chi connectivity index (χ3n) is 3.96. The fourth-order valence-electron chi connectivity index (χ4n) is 2.25. The number of ketones is 1. The van der Waals surface area contributed by atoms with E-state index < -0.39 is 17.5 Å². The predicted molar refractivity (Wildman–Crippen MR) is 110 cm³/mol. The van der Waals surface area contributed by atoms with E-state index in [4.69, 9.17) is 4.74 Å². The average Bonchev–Trinajstić information content (AvgIpc) is 2.68. The quantitative estimate of drug-likeness (QED) is 0.519. The fourth-order valence-corrected chi connectivity index (χ4v) is 2.25. The number of carbonyl (C=O) groups is 3. The maximum Gasteiger partial charge on any atom is 0.308 e. The summed E-state index contributed by atoms with van der Waals surface area (Å²) in [6.45, 7) is 7.28. The molecule has 1 aromatic heterocycles. The molecule has 154 valence electrons. The molecule has 0 fully saturated rings. The Balaban J connectivity index is 1.82. The van der Waals surface area contributed by atoms with Crippen LogP contribution in [0.25, 0.3) is 0 Å². The van der Waals surface area contributed by atoms with E-state index in [9.17, 15) is 14.4 Å². The molecule has 1 aromatic carbocycles. The predicted octanol–water partition coefficient (Wildman–Crippen LogP) is 3.08. The Morgan fingerprint density at radius 2 is 1.69 bits per heavy atom. The van der Waals surface area contributed by atoms with Crippen LogP contribution >= 0.6 is 0 Å². The maximum atomic E-state index is 12.5. The summed E-state index contributed by atoms with van der Waals surface area (Å²) in [5.41, 5.74) is 0.480. The molecule has 2 aromatic rings. The van der Waals surface area contributed by atoms with Gasteiger partial charge in [-0.1, -0.05) is 20.8 Å². The van der Waals surface area contributed by atoms with Crippen LogP contribution in [-0.2, 0) is 14.3 Å². The molecular formula is C21H26N4O4. The number of aromatic nitrogens is 2. The first-order valence-electron chi connectivity index (χ1n) is 9.33. The van der Waals surface area contributed by atoms with Crippen LogP contribution in [-0.4, -0.2) is 40.3 Å². The highest BCUT2D eigenvalue weighted by molar-refractivity contribution is 6.01. The van der Waals surface area contributed by atoms with Crippen LogP contribution in [0.3, 0.4) is 0 Å². The summed E-state index contributed by atoms with van der Waals surface area (Å²) in [6, 6.07) is 8.18. The van der Waals surface area contributed by atoms with Crippen LogP contribution in [0.2, 0.25) is 0 Å². The van der Waals surface area contributed by atoms with E-state index in [-0.39, 0.29) is 18.1 Å². The second-order valence-electron chi connectivity index (χ2n) is 7.53. The summed E-state index contributed by atoms with van der Waals surface area (Å²) in [7, 11) is 0. The minimum absolute atomic E-state index is 0.0770. The molecule has 8 heteroatoms. The monoisotopic (exact) mass is 398 g/mol. The number of hydrogen-bond donors (Lipinski definition) is 2. The van der Waals surface area contributed by atoms with Crippen LogP contribution in [0.5, 0.6) is 0 Å². The molecule has 0 saturated carbocycles. The zero-order valence-electron chi connectivity index (χ0n) is 17.1. The molecule has 8 nitrogen and oxygen atoms in total. The van der Waals surface area contributed by atoms with Gasteiger partial charge in [-0.05, 0) is 37.3 Å². The van der Waals surface area contributed by atoms with Crippen LogP contribution in [0, 0.1) is 5.41 Å². The number of benzene rings is 1. The molecule has 0 saturated heterocycles. The molecule has 2 rings (SSSR count). The lowest BCUT2D eigenvalue weighted by Crippen LogP contribution is -2.27. The van der Waals surface area contributed by atoms with E-state index in [0.717, 1.165) is 0 Å². The standard InChI is InChI=1S/C21H26N4O4/c1-14(29-17(26)10-13-24-20-22-11-5-12-23-20)18(27)15-6-8-16(9-7-15)25-19(28)21(2,3)4/h5-9,11-12,14H,10,13H2,1-4H3,(H,25,28)(H,22,23,24). The lowest BCUT2D eigenvalue weighted by atomic mass is 9.95. The normalized spacial score (nSPS) is 12.0. The first-order chi connectivity index (χ1) is 13.7. The molecular weight excluding hydrogens is 372 g/mol. The van der Waals surface area contributed by atoms with Crippen molar-refractivity contribution in [3.05, 3.63) is 48.3 Å². The number of anilines is 2. The molecule has 0 radical (unpaired) electrons. The Morgan fingerprint density at radius 1 is 1.07 bits per heavy atom. The minimum Gasteiger partial charge on any atom is -0.454 e. The number of rotatable bonds is 8. The third-order valence-corrected chi connectivity index (χ3v) is 3.96. The smallest absolute Gasteiger partial charge is 0.308 e. The van der Waals surface area contributed by atoms with Gasteiger partial charge in [-0.25, -0.2) is 9.97 Å². The van der Waals surface area contributed by atoms with Crippen LogP contribution in [0.4, 0.5) is 11.6 Å². The van der Waals surface area contributed by atoms with Gasteiger partial charge >= 0.3 is 5.97 Å². The van der Waals surface area contributed by atoms with E-state index in [0.29, 0.717) is 23.7 Å². The molecule has 0 bridgehead atoms. The highest BCUT2D eigenvalue weighted by atomic mass is 16.5. The molecule has 0 aliphatic heterocycles. The second-order valence-corrected chi connectivity index (χ2v) is 7.53. The molecule has 1 amide bonds. The Labute approximate surface area is 170 Å². The van der Waals surface area contributed by atoms with Gasteiger partial charge in [0, 0.05) is 35.6 Å². The lowest BCUT2D eigenvalue weighted by molar-refractivity contribution is -0.146. The highest BCUT2D eigenvalue weighted by Crippen LogP contribution is 2.18. The summed E-state index contributed by atoms with van der Waals surface area (Å²) < 4.78 is 5.20. The largest absolute Gasteiger partial charge is 0.454 e. The van der Waals surface area contributed by atoms with Gasteiger partial charge in [0.2, 0.25) is 17.6 Å². The molecule has 1 heterocycles.